The SMILES string of the molecule is CCOC1CC(N)(CN(C)CCc2ccncc2)C1(C)C. The zero-order valence-corrected chi connectivity index (χ0v) is 13.8. The number of rotatable bonds is 7. The molecule has 4 heteroatoms. The van der Waals surface area contributed by atoms with Gasteiger partial charge in [0, 0.05) is 43.0 Å². The molecule has 0 saturated heterocycles. The fourth-order valence-corrected chi connectivity index (χ4v) is 3.21. The maximum Gasteiger partial charge on any atom is 0.0662 e. The highest BCUT2D eigenvalue weighted by Gasteiger charge is 2.58. The summed E-state index contributed by atoms with van der Waals surface area (Å²) < 4.78 is 5.79. The number of likely N-dealkylation sites (N-methyl/N-ethyl adjacent to an activating group) is 1. The molecule has 1 aromatic heterocycles. The van der Waals surface area contributed by atoms with E-state index in [0.717, 1.165) is 32.5 Å². The summed E-state index contributed by atoms with van der Waals surface area (Å²) in [7, 11) is 2.15. The van der Waals surface area contributed by atoms with Gasteiger partial charge in [0.25, 0.3) is 0 Å². The Labute approximate surface area is 128 Å². The number of aromatic nitrogens is 1. The summed E-state index contributed by atoms with van der Waals surface area (Å²) >= 11 is 0. The van der Waals surface area contributed by atoms with Crippen LogP contribution in [0, 0.1) is 5.41 Å². The van der Waals surface area contributed by atoms with Crippen LogP contribution in [0.25, 0.3) is 0 Å². The van der Waals surface area contributed by atoms with E-state index in [1.165, 1.54) is 5.56 Å². The van der Waals surface area contributed by atoms with Crippen LogP contribution in [0.2, 0.25) is 0 Å². The molecule has 21 heavy (non-hydrogen) atoms. The van der Waals surface area contributed by atoms with Crippen LogP contribution in [0.4, 0.5) is 0 Å². The number of hydrogen-bond acceptors (Lipinski definition) is 4. The van der Waals surface area contributed by atoms with Gasteiger partial charge in [-0.15, -0.1) is 0 Å². The molecule has 1 heterocycles. The third kappa shape index (κ3) is 3.44. The second kappa shape index (κ2) is 6.42. The topological polar surface area (TPSA) is 51.4 Å². The van der Waals surface area contributed by atoms with Crippen molar-refractivity contribution in [2.24, 2.45) is 11.1 Å². The van der Waals surface area contributed by atoms with Gasteiger partial charge in [-0.3, -0.25) is 4.98 Å². The predicted molar refractivity (Wildman–Crippen MR) is 86.2 cm³/mol. The minimum atomic E-state index is -0.153. The molecule has 2 atom stereocenters. The van der Waals surface area contributed by atoms with Gasteiger partial charge in [0.15, 0.2) is 0 Å². The van der Waals surface area contributed by atoms with Crippen LogP contribution >= 0.6 is 0 Å². The highest BCUT2D eigenvalue weighted by atomic mass is 16.5. The van der Waals surface area contributed by atoms with E-state index in [-0.39, 0.29) is 11.0 Å². The molecule has 0 amide bonds. The van der Waals surface area contributed by atoms with Gasteiger partial charge in [-0.2, -0.15) is 0 Å². The van der Waals surface area contributed by atoms with E-state index >= 15 is 0 Å². The average Bonchev–Trinajstić information content (AvgIpc) is 2.46. The van der Waals surface area contributed by atoms with Gasteiger partial charge in [-0.1, -0.05) is 13.8 Å². The number of nitrogens with zero attached hydrogens (tertiary/aromatic N) is 2. The molecule has 1 aliphatic rings. The van der Waals surface area contributed by atoms with Gasteiger partial charge >= 0.3 is 0 Å². The average molecular weight is 291 g/mol. The monoisotopic (exact) mass is 291 g/mol. The number of hydrogen-bond donors (Lipinski definition) is 1. The van der Waals surface area contributed by atoms with Gasteiger partial charge in [0.2, 0.25) is 0 Å². The lowest BCUT2D eigenvalue weighted by molar-refractivity contribution is -0.155. The summed E-state index contributed by atoms with van der Waals surface area (Å²) in [6, 6.07) is 4.15. The Morgan fingerprint density at radius 2 is 2.05 bits per heavy atom. The number of nitrogens with two attached hydrogens (primary N) is 1. The molecule has 1 fully saturated rings. The van der Waals surface area contributed by atoms with Crippen LogP contribution in [0.15, 0.2) is 24.5 Å². The van der Waals surface area contributed by atoms with E-state index < -0.39 is 0 Å². The van der Waals surface area contributed by atoms with Crippen molar-refractivity contribution < 1.29 is 4.74 Å². The van der Waals surface area contributed by atoms with Crippen LogP contribution in [0.1, 0.15) is 32.8 Å². The van der Waals surface area contributed by atoms with Crippen LogP contribution < -0.4 is 5.73 Å². The predicted octanol–water partition coefficient (Wildman–Crippen LogP) is 2.09. The van der Waals surface area contributed by atoms with E-state index in [1.807, 2.05) is 19.3 Å². The second-order valence-electron chi connectivity index (χ2n) is 6.87. The summed E-state index contributed by atoms with van der Waals surface area (Å²) in [4.78, 5) is 6.39. The van der Waals surface area contributed by atoms with Crippen molar-refractivity contribution in [2.75, 3.05) is 26.7 Å². The highest BCUT2D eigenvalue weighted by Crippen LogP contribution is 2.49. The zero-order valence-electron chi connectivity index (χ0n) is 13.8. The molecule has 0 aliphatic heterocycles. The Morgan fingerprint density at radius 1 is 1.38 bits per heavy atom. The number of ether oxygens (including phenoxy) is 1. The molecule has 0 radical (unpaired) electrons. The summed E-state index contributed by atoms with van der Waals surface area (Å²) in [6.45, 7) is 9.20. The van der Waals surface area contributed by atoms with E-state index in [2.05, 4.69) is 42.9 Å². The molecule has 1 aromatic rings. The zero-order chi connectivity index (χ0) is 15.5. The third-order valence-electron chi connectivity index (χ3n) is 5.09. The quantitative estimate of drug-likeness (QED) is 0.836. The minimum absolute atomic E-state index is 0.0357. The molecule has 2 N–H and O–H groups in total. The van der Waals surface area contributed by atoms with E-state index in [0.29, 0.717) is 6.10 Å². The van der Waals surface area contributed by atoms with Crippen molar-refractivity contribution in [3.05, 3.63) is 30.1 Å². The van der Waals surface area contributed by atoms with Crippen LogP contribution in [-0.4, -0.2) is 48.3 Å². The van der Waals surface area contributed by atoms with Gasteiger partial charge in [0.05, 0.1) is 6.10 Å². The summed E-state index contributed by atoms with van der Waals surface area (Å²) in [5.74, 6) is 0. The first-order valence-corrected chi connectivity index (χ1v) is 7.87. The smallest absolute Gasteiger partial charge is 0.0662 e. The summed E-state index contributed by atoms with van der Waals surface area (Å²) in [5.41, 5.74) is 7.84. The highest BCUT2D eigenvalue weighted by molar-refractivity contribution is 5.15. The van der Waals surface area contributed by atoms with Crippen molar-refractivity contribution in [1.82, 2.24) is 9.88 Å². The Kier molecular flexibility index (Phi) is 5.02. The fourth-order valence-electron chi connectivity index (χ4n) is 3.21. The molecule has 0 aromatic carbocycles. The fraction of sp³-hybridized carbons (Fsp3) is 0.706. The van der Waals surface area contributed by atoms with Crippen molar-refractivity contribution in [3.63, 3.8) is 0 Å². The molecule has 4 nitrogen and oxygen atoms in total. The van der Waals surface area contributed by atoms with Crippen LogP contribution in [-0.2, 0) is 11.2 Å². The standard InChI is InChI=1S/C17H29N3O/c1-5-21-15-12-17(18,16(15,2)3)13-20(4)11-8-14-6-9-19-10-7-14/h6-7,9-10,15H,5,8,11-13,18H2,1-4H3. The molecular formula is C17H29N3O. The summed E-state index contributed by atoms with van der Waals surface area (Å²) in [6.07, 6.45) is 5.97. The van der Waals surface area contributed by atoms with Gasteiger partial charge in [0.1, 0.15) is 0 Å². The molecule has 1 aliphatic carbocycles. The Morgan fingerprint density at radius 3 is 2.62 bits per heavy atom. The number of pyridine rings is 1. The first-order chi connectivity index (χ1) is 9.89. The van der Waals surface area contributed by atoms with E-state index in [9.17, 15) is 0 Å². The van der Waals surface area contributed by atoms with Gasteiger partial charge in [-0.25, -0.2) is 0 Å². The normalized spacial score (nSPS) is 27.6. The molecule has 0 bridgehead atoms. The van der Waals surface area contributed by atoms with E-state index in [4.69, 9.17) is 10.5 Å². The maximum atomic E-state index is 6.64. The third-order valence-corrected chi connectivity index (χ3v) is 5.09. The molecule has 1 saturated carbocycles. The lowest BCUT2D eigenvalue weighted by Crippen LogP contribution is -2.73. The van der Waals surface area contributed by atoms with Crippen molar-refractivity contribution in [1.29, 1.82) is 0 Å². The lowest BCUT2D eigenvalue weighted by atomic mass is 9.54. The first kappa shape index (κ1) is 16.4. The first-order valence-electron chi connectivity index (χ1n) is 7.87. The molecule has 118 valence electrons. The Hall–Kier alpha value is -0.970. The second-order valence-corrected chi connectivity index (χ2v) is 6.87. The summed E-state index contributed by atoms with van der Waals surface area (Å²) in [5, 5.41) is 0. The Balaban J connectivity index is 1.84. The largest absolute Gasteiger partial charge is 0.378 e. The maximum absolute atomic E-state index is 6.64. The van der Waals surface area contributed by atoms with Gasteiger partial charge in [-0.05, 0) is 44.5 Å². The van der Waals surface area contributed by atoms with Crippen molar-refractivity contribution in [3.8, 4) is 0 Å². The van der Waals surface area contributed by atoms with Crippen LogP contribution in [0.5, 0.6) is 0 Å². The lowest BCUT2D eigenvalue weighted by Gasteiger charge is -2.60. The molecule has 2 unspecified atom stereocenters. The minimum Gasteiger partial charge on any atom is -0.378 e. The molecular weight excluding hydrogens is 262 g/mol. The van der Waals surface area contributed by atoms with E-state index in [1.54, 1.807) is 0 Å². The van der Waals surface area contributed by atoms with Crippen LogP contribution in [0.3, 0.4) is 0 Å². The molecule has 2 rings (SSSR count). The van der Waals surface area contributed by atoms with Crippen molar-refractivity contribution in [2.45, 2.75) is 45.3 Å². The molecule has 0 spiro atoms. The van der Waals surface area contributed by atoms with Gasteiger partial charge < -0.3 is 15.4 Å². The van der Waals surface area contributed by atoms with Crippen molar-refractivity contribution >= 4 is 0 Å². The Bertz CT molecular complexity index is 449.